The van der Waals surface area contributed by atoms with Crippen molar-refractivity contribution in [1.29, 1.82) is 0 Å². The molecule has 1 heterocycles. The number of aryl methyl sites for hydroxylation is 1. The molecule has 106 valence electrons. The number of aromatic nitrogens is 1. The molecule has 0 bridgehead atoms. The second-order valence-electron chi connectivity index (χ2n) is 4.95. The number of nitrogens with two attached hydrogens (primary N) is 1. The number of benzene rings is 1. The van der Waals surface area contributed by atoms with Crippen molar-refractivity contribution in [3.63, 3.8) is 0 Å². The van der Waals surface area contributed by atoms with Gasteiger partial charge in [0, 0.05) is 18.4 Å². The van der Waals surface area contributed by atoms with Crippen LogP contribution in [0.25, 0.3) is 0 Å². The molecular formula is C16H21N3O. The van der Waals surface area contributed by atoms with Gasteiger partial charge in [-0.05, 0) is 43.2 Å². The van der Waals surface area contributed by atoms with Crippen LogP contribution in [0.1, 0.15) is 42.4 Å². The topological polar surface area (TPSA) is 60.0 Å². The van der Waals surface area contributed by atoms with Crippen molar-refractivity contribution >= 4 is 11.6 Å². The van der Waals surface area contributed by atoms with Crippen LogP contribution in [-0.4, -0.2) is 10.5 Å². The van der Waals surface area contributed by atoms with E-state index in [-0.39, 0.29) is 11.9 Å². The summed E-state index contributed by atoms with van der Waals surface area (Å²) in [4.78, 5) is 12.3. The number of nitrogen functional groups attached to an aromatic ring is 1. The fourth-order valence-corrected chi connectivity index (χ4v) is 2.19. The van der Waals surface area contributed by atoms with Crippen molar-refractivity contribution < 1.29 is 4.79 Å². The van der Waals surface area contributed by atoms with E-state index >= 15 is 0 Å². The zero-order valence-corrected chi connectivity index (χ0v) is 12.0. The molecule has 0 aliphatic carbocycles. The third-order valence-corrected chi connectivity index (χ3v) is 3.31. The predicted molar refractivity (Wildman–Crippen MR) is 81.5 cm³/mol. The summed E-state index contributed by atoms with van der Waals surface area (Å²) in [6.45, 7) is 4.92. The molecule has 0 fully saturated rings. The van der Waals surface area contributed by atoms with Gasteiger partial charge >= 0.3 is 0 Å². The van der Waals surface area contributed by atoms with E-state index < -0.39 is 0 Å². The maximum atomic E-state index is 12.3. The summed E-state index contributed by atoms with van der Waals surface area (Å²) in [7, 11) is 0. The molecule has 0 spiro atoms. The molecule has 0 saturated carbocycles. The van der Waals surface area contributed by atoms with Gasteiger partial charge in [-0.1, -0.05) is 19.1 Å². The summed E-state index contributed by atoms with van der Waals surface area (Å²) in [5.41, 5.74) is 8.14. The van der Waals surface area contributed by atoms with Crippen LogP contribution in [0, 0.1) is 0 Å². The number of nitrogens with one attached hydrogen (secondary N) is 1. The van der Waals surface area contributed by atoms with Gasteiger partial charge < -0.3 is 15.6 Å². The van der Waals surface area contributed by atoms with Crippen LogP contribution in [-0.2, 0) is 6.54 Å². The highest BCUT2D eigenvalue weighted by atomic mass is 16.2. The highest BCUT2D eigenvalue weighted by Gasteiger charge is 2.14. The van der Waals surface area contributed by atoms with Gasteiger partial charge in [-0.25, -0.2) is 0 Å². The summed E-state index contributed by atoms with van der Waals surface area (Å²) in [6, 6.07) is 11.3. The van der Waals surface area contributed by atoms with Crippen molar-refractivity contribution in [2.24, 2.45) is 0 Å². The lowest BCUT2D eigenvalue weighted by molar-refractivity contribution is 0.0930. The average Bonchev–Trinajstić information content (AvgIpc) is 2.88. The van der Waals surface area contributed by atoms with E-state index in [0.29, 0.717) is 5.69 Å². The molecule has 1 unspecified atom stereocenters. The Morgan fingerprint density at radius 2 is 2.00 bits per heavy atom. The molecule has 4 heteroatoms. The zero-order valence-electron chi connectivity index (χ0n) is 12.0. The van der Waals surface area contributed by atoms with E-state index in [4.69, 9.17) is 5.73 Å². The number of amides is 1. The van der Waals surface area contributed by atoms with Gasteiger partial charge in [0.15, 0.2) is 0 Å². The average molecular weight is 271 g/mol. The molecule has 1 amide bonds. The van der Waals surface area contributed by atoms with Gasteiger partial charge in [0.1, 0.15) is 5.69 Å². The third-order valence-electron chi connectivity index (χ3n) is 3.31. The molecule has 4 nitrogen and oxygen atoms in total. The quantitative estimate of drug-likeness (QED) is 0.821. The van der Waals surface area contributed by atoms with E-state index in [1.807, 2.05) is 54.1 Å². The second kappa shape index (κ2) is 6.28. The SMILES string of the molecule is CCCn1cccc1C(=O)NC(C)c1ccc(N)cc1. The van der Waals surface area contributed by atoms with Crippen LogP contribution >= 0.6 is 0 Å². The molecule has 0 aliphatic heterocycles. The molecule has 0 aliphatic rings. The lowest BCUT2D eigenvalue weighted by atomic mass is 10.1. The first kappa shape index (κ1) is 14.2. The zero-order chi connectivity index (χ0) is 14.5. The van der Waals surface area contributed by atoms with Gasteiger partial charge in [0.25, 0.3) is 5.91 Å². The number of carbonyl (C=O) groups is 1. The molecule has 1 atom stereocenters. The van der Waals surface area contributed by atoms with Crippen LogP contribution in [0.15, 0.2) is 42.6 Å². The van der Waals surface area contributed by atoms with Crippen LogP contribution in [0.3, 0.4) is 0 Å². The van der Waals surface area contributed by atoms with E-state index in [1.165, 1.54) is 0 Å². The summed E-state index contributed by atoms with van der Waals surface area (Å²) in [5.74, 6) is -0.0484. The summed E-state index contributed by atoms with van der Waals surface area (Å²) >= 11 is 0. The summed E-state index contributed by atoms with van der Waals surface area (Å²) < 4.78 is 1.98. The van der Waals surface area contributed by atoms with Crippen LogP contribution in [0.5, 0.6) is 0 Å². The van der Waals surface area contributed by atoms with Crippen LogP contribution in [0.4, 0.5) is 5.69 Å². The molecule has 20 heavy (non-hydrogen) atoms. The molecule has 1 aromatic carbocycles. The smallest absolute Gasteiger partial charge is 0.268 e. The van der Waals surface area contributed by atoms with Gasteiger partial charge in [-0.3, -0.25) is 4.79 Å². The van der Waals surface area contributed by atoms with Crippen molar-refractivity contribution in [2.45, 2.75) is 32.9 Å². The van der Waals surface area contributed by atoms with Crippen molar-refractivity contribution in [2.75, 3.05) is 5.73 Å². The van der Waals surface area contributed by atoms with E-state index in [0.717, 1.165) is 24.2 Å². The van der Waals surface area contributed by atoms with Crippen molar-refractivity contribution in [3.8, 4) is 0 Å². The Hall–Kier alpha value is -2.23. The molecular weight excluding hydrogens is 250 g/mol. The Morgan fingerprint density at radius 3 is 2.65 bits per heavy atom. The number of carbonyl (C=O) groups excluding carboxylic acids is 1. The largest absolute Gasteiger partial charge is 0.399 e. The molecule has 0 saturated heterocycles. The normalized spacial score (nSPS) is 12.1. The number of nitrogens with zero attached hydrogens (tertiary/aromatic N) is 1. The van der Waals surface area contributed by atoms with Gasteiger partial charge in [-0.15, -0.1) is 0 Å². The van der Waals surface area contributed by atoms with E-state index in [1.54, 1.807) is 0 Å². The Morgan fingerprint density at radius 1 is 1.30 bits per heavy atom. The predicted octanol–water partition coefficient (Wildman–Crippen LogP) is 2.97. The maximum Gasteiger partial charge on any atom is 0.268 e. The molecule has 3 N–H and O–H groups in total. The Balaban J connectivity index is 2.07. The minimum atomic E-state index is -0.0484. The Bertz CT molecular complexity index is 572. The third kappa shape index (κ3) is 3.20. The fraction of sp³-hybridized carbons (Fsp3) is 0.312. The van der Waals surface area contributed by atoms with Gasteiger partial charge in [0.2, 0.25) is 0 Å². The highest BCUT2D eigenvalue weighted by molar-refractivity contribution is 5.93. The van der Waals surface area contributed by atoms with E-state index in [9.17, 15) is 4.79 Å². The Labute approximate surface area is 119 Å². The van der Waals surface area contributed by atoms with Crippen molar-refractivity contribution in [3.05, 3.63) is 53.9 Å². The summed E-state index contributed by atoms with van der Waals surface area (Å²) in [6.07, 6.45) is 2.94. The van der Waals surface area contributed by atoms with Gasteiger partial charge in [0.05, 0.1) is 6.04 Å². The first-order chi connectivity index (χ1) is 9.61. The van der Waals surface area contributed by atoms with E-state index in [2.05, 4.69) is 12.2 Å². The monoisotopic (exact) mass is 271 g/mol. The molecule has 1 aromatic heterocycles. The maximum absolute atomic E-state index is 12.3. The first-order valence-electron chi connectivity index (χ1n) is 6.93. The first-order valence-corrected chi connectivity index (χ1v) is 6.93. The minimum Gasteiger partial charge on any atom is -0.399 e. The number of rotatable bonds is 5. The fourth-order valence-electron chi connectivity index (χ4n) is 2.19. The second-order valence-corrected chi connectivity index (χ2v) is 4.95. The summed E-state index contributed by atoms with van der Waals surface area (Å²) in [5, 5.41) is 3.02. The van der Waals surface area contributed by atoms with Crippen LogP contribution in [0.2, 0.25) is 0 Å². The number of hydrogen-bond acceptors (Lipinski definition) is 2. The lowest BCUT2D eigenvalue weighted by Crippen LogP contribution is -2.28. The number of hydrogen-bond donors (Lipinski definition) is 2. The molecule has 0 radical (unpaired) electrons. The van der Waals surface area contributed by atoms with Gasteiger partial charge in [-0.2, -0.15) is 0 Å². The Kier molecular flexibility index (Phi) is 4.45. The van der Waals surface area contributed by atoms with Crippen LogP contribution < -0.4 is 11.1 Å². The number of anilines is 1. The minimum absolute atomic E-state index is 0.0481. The van der Waals surface area contributed by atoms with Crippen molar-refractivity contribution in [1.82, 2.24) is 9.88 Å². The standard InChI is InChI=1S/C16H21N3O/c1-3-10-19-11-4-5-15(19)16(20)18-12(2)13-6-8-14(17)9-7-13/h4-9,11-12H,3,10,17H2,1-2H3,(H,18,20). The molecule has 2 rings (SSSR count). The molecule has 2 aromatic rings. The lowest BCUT2D eigenvalue weighted by Gasteiger charge is -2.15. The highest BCUT2D eigenvalue weighted by Crippen LogP contribution is 2.15.